The summed E-state index contributed by atoms with van der Waals surface area (Å²) in [5.74, 6) is -0.394. The molecule has 0 aliphatic carbocycles. The first-order chi connectivity index (χ1) is 9.66. The summed E-state index contributed by atoms with van der Waals surface area (Å²) in [7, 11) is 0. The van der Waals surface area contributed by atoms with Gasteiger partial charge in [-0.25, -0.2) is 0 Å². The fourth-order valence-electron chi connectivity index (χ4n) is 1.45. The van der Waals surface area contributed by atoms with Gasteiger partial charge >= 0.3 is 0 Å². The molecular weight excluding hydrogens is 278 g/mol. The van der Waals surface area contributed by atoms with Crippen molar-refractivity contribution < 1.29 is 9.72 Å². The molecule has 0 saturated heterocycles. The van der Waals surface area contributed by atoms with Gasteiger partial charge in [-0.05, 0) is 34.5 Å². The highest BCUT2D eigenvalue weighted by Crippen LogP contribution is 2.22. The van der Waals surface area contributed by atoms with Crippen LogP contribution in [0.2, 0.25) is 0 Å². The highest BCUT2D eigenvalue weighted by molar-refractivity contribution is 7.08. The van der Waals surface area contributed by atoms with Gasteiger partial charge in [0.1, 0.15) is 5.69 Å². The molecule has 1 aromatic heterocycles. The molecule has 0 radical (unpaired) electrons. The smallest absolute Gasteiger partial charge is 0.292 e. The minimum atomic E-state index is -0.518. The van der Waals surface area contributed by atoms with Crippen LogP contribution < -0.4 is 10.9 Å². The molecule has 0 atom stereocenters. The SMILES string of the molecule is O=C(C=Cc1ccsc1)NNc1ccccc1[N+](=O)[O-]. The molecule has 20 heavy (non-hydrogen) atoms. The molecule has 1 amide bonds. The van der Waals surface area contributed by atoms with E-state index in [0.717, 1.165) is 5.56 Å². The Kier molecular flexibility index (Phi) is 4.46. The number of hydrazine groups is 1. The van der Waals surface area contributed by atoms with Gasteiger partial charge in [0, 0.05) is 12.1 Å². The Morgan fingerprint density at radius 2 is 2.10 bits per heavy atom. The number of para-hydroxylation sites is 2. The fourth-order valence-corrected chi connectivity index (χ4v) is 2.08. The lowest BCUT2D eigenvalue weighted by Gasteiger charge is -2.06. The molecule has 2 N–H and O–H groups in total. The average Bonchev–Trinajstić information content (AvgIpc) is 2.96. The maximum absolute atomic E-state index is 11.6. The summed E-state index contributed by atoms with van der Waals surface area (Å²) in [4.78, 5) is 21.8. The molecule has 0 aliphatic heterocycles. The van der Waals surface area contributed by atoms with E-state index in [4.69, 9.17) is 0 Å². The van der Waals surface area contributed by atoms with E-state index in [9.17, 15) is 14.9 Å². The molecule has 1 aromatic carbocycles. The third-order valence-electron chi connectivity index (χ3n) is 2.39. The Morgan fingerprint density at radius 3 is 2.80 bits per heavy atom. The summed E-state index contributed by atoms with van der Waals surface area (Å²) in [5.41, 5.74) is 5.97. The molecular formula is C13H11N3O3S. The van der Waals surface area contributed by atoms with Gasteiger partial charge in [0.05, 0.1) is 4.92 Å². The number of hydrogen-bond acceptors (Lipinski definition) is 5. The van der Waals surface area contributed by atoms with Gasteiger partial charge in [0.2, 0.25) is 0 Å². The van der Waals surface area contributed by atoms with Crippen LogP contribution in [-0.4, -0.2) is 10.8 Å². The lowest BCUT2D eigenvalue weighted by molar-refractivity contribution is -0.384. The Morgan fingerprint density at radius 1 is 1.30 bits per heavy atom. The second-order valence-electron chi connectivity index (χ2n) is 3.78. The van der Waals surface area contributed by atoms with E-state index in [-0.39, 0.29) is 11.4 Å². The van der Waals surface area contributed by atoms with Crippen LogP contribution in [0.4, 0.5) is 11.4 Å². The first-order valence-electron chi connectivity index (χ1n) is 5.66. The highest BCUT2D eigenvalue weighted by Gasteiger charge is 2.11. The normalized spacial score (nSPS) is 10.4. The second kappa shape index (κ2) is 6.48. The molecule has 0 aliphatic rings. The summed E-state index contributed by atoms with van der Waals surface area (Å²) >= 11 is 1.53. The van der Waals surface area contributed by atoms with Crippen LogP contribution in [0.5, 0.6) is 0 Å². The van der Waals surface area contributed by atoms with Gasteiger partial charge < -0.3 is 0 Å². The number of hydrogen-bond donors (Lipinski definition) is 2. The molecule has 0 saturated carbocycles. The van der Waals surface area contributed by atoms with Crippen LogP contribution in [0, 0.1) is 10.1 Å². The summed E-state index contributed by atoms with van der Waals surface area (Å²) in [6.07, 6.45) is 3.01. The summed E-state index contributed by atoms with van der Waals surface area (Å²) in [6.45, 7) is 0. The molecule has 0 spiro atoms. The van der Waals surface area contributed by atoms with Gasteiger partial charge in [-0.15, -0.1) is 0 Å². The number of amides is 1. The first kappa shape index (κ1) is 13.8. The van der Waals surface area contributed by atoms with Crippen LogP contribution in [-0.2, 0) is 4.79 Å². The number of nitro groups is 1. The number of nitrogens with one attached hydrogen (secondary N) is 2. The zero-order valence-electron chi connectivity index (χ0n) is 10.3. The van der Waals surface area contributed by atoms with E-state index in [1.54, 1.807) is 18.2 Å². The van der Waals surface area contributed by atoms with E-state index < -0.39 is 10.8 Å². The lowest BCUT2D eigenvalue weighted by Crippen LogP contribution is -2.27. The number of nitro benzene ring substituents is 1. The topological polar surface area (TPSA) is 84.3 Å². The molecule has 2 aromatic rings. The van der Waals surface area contributed by atoms with Gasteiger partial charge in [-0.1, -0.05) is 12.1 Å². The number of rotatable bonds is 5. The molecule has 0 unspecified atom stereocenters. The number of carbonyl (C=O) groups is 1. The molecule has 7 heteroatoms. The minimum Gasteiger partial charge on any atom is -0.292 e. The summed E-state index contributed by atoms with van der Waals surface area (Å²) < 4.78 is 0. The molecule has 2 rings (SSSR count). The van der Waals surface area contributed by atoms with E-state index in [1.165, 1.54) is 29.5 Å². The third kappa shape index (κ3) is 3.66. The van der Waals surface area contributed by atoms with Crippen LogP contribution >= 0.6 is 11.3 Å². The molecule has 0 fully saturated rings. The van der Waals surface area contributed by atoms with Crippen LogP contribution in [0.1, 0.15) is 5.56 Å². The van der Waals surface area contributed by atoms with Crippen LogP contribution in [0.25, 0.3) is 6.08 Å². The Bertz CT molecular complexity index is 638. The van der Waals surface area contributed by atoms with Gasteiger partial charge in [0.15, 0.2) is 0 Å². The zero-order valence-corrected chi connectivity index (χ0v) is 11.1. The maximum atomic E-state index is 11.6. The largest absolute Gasteiger partial charge is 0.294 e. The van der Waals surface area contributed by atoms with Gasteiger partial charge in [-0.3, -0.25) is 25.8 Å². The molecule has 6 nitrogen and oxygen atoms in total. The van der Waals surface area contributed by atoms with E-state index in [1.807, 2.05) is 16.8 Å². The average molecular weight is 289 g/mol. The standard InChI is InChI=1S/C13H11N3O3S/c17-13(6-5-10-7-8-20-9-10)15-14-11-3-1-2-4-12(11)16(18)19/h1-9,14H,(H,15,17). The van der Waals surface area contributed by atoms with E-state index in [2.05, 4.69) is 10.9 Å². The van der Waals surface area contributed by atoms with Crippen molar-refractivity contribution in [2.75, 3.05) is 5.43 Å². The van der Waals surface area contributed by atoms with Crippen LogP contribution in [0.15, 0.2) is 47.2 Å². The zero-order chi connectivity index (χ0) is 14.4. The fraction of sp³-hybridized carbons (Fsp3) is 0. The predicted octanol–water partition coefficient (Wildman–Crippen LogP) is 2.81. The summed E-state index contributed by atoms with van der Waals surface area (Å²) in [5, 5.41) is 14.6. The summed E-state index contributed by atoms with van der Waals surface area (Å²) in [6, 6.07) is 7.95. The second-order valence-corrected chi connectivity index (χ2v) is 4.56. The van der Waals surface area contributed by atoms with Crippen molar-refractivity contribution in [2.45, 2.75) is 0 Å². The van der Waals surface area contributed by atoms with Crippen molar-refractivity contribution in [3.63, 3.8) is 0 Å². The number of carbonyl (C=O) groups excluding carboxylic acids is 1. The van der Waals surface area contributed by atoms with Gasteiger partial charge in [-0.2, -0.15) is 11.3 Å². The Balaban J connectivity index is 1.95. The third-order valence-corrected chi connectivity index (χ3v) is 3.09. The number of thiophene rings is 1. The van der Waals surface area contributed by atoms with E-state index >= 15 is 0 Å². The van der Waals surface area contributed by atoms with Crippen molar-refractivity contribution in [1.82, 2.24) is 5.43 Å². The number of nitrogens with zero attached hydrogens (tertiary/aromatic N) is 1. The number of benzene rings is 1. The van der Waals surface area contributed by atoms with Crippen molar-refractivity contribution in [3.8, 4) is 0 Å². The van der Waals surface area contributed by atoms with Crippen molar-refractivity contribution >= 4 is 34.7 Å². The minimum absolute atomic E-state index is 0.102. The quantitative estimate of drug-likeness (QED) is 0.503. The Labute approximate surface area is 118 Å². The first-order valence-corrected chi connectivity index (χ1v) is 6.61. The highest BCUT2D eigenvalue weighted by atomic mass is 32.1. The maximum Gasteiger partial charge on any atom is 0.294 e. The number of anilines is 1. The Hall–Kier alpha value is -2.67. The van der Waals surface area contributed by atoms with E-state index in [0.29, 0.717) is 0 Å². The molecule has 0 bridgehead atoms. The van der Waals surface area contributed by atoms with Crippen molar-refractivity contribution in [2.24, 2.45) is 0 Å². The lowest BCUT2D eigenvalue weighted by atomic mass is 10.3. The monoisotopic (exact) mass is 289 g/mol. The van der Waals surface area contributed by atoms with Crippen molar-refractivity contribution in [1.29, 1.82) is 0 Å². The van der Waals surface area contributed by atoms with Crippen molar-refractivity contribution in [3.05, 3.63) is 62.8 Å². The van der Waals surface area contributed by atoms with Crippen LogP contribution in [0.3, 0.4) is 0 Å². The van der Waals surface area contributed by atoms with Gasteiger partial charge in [0.25, 0.3) is 11.6 Å². The molecule has 1 heterocycles. The predicted molar refractivity (Wildman–Crippen MR) is 78.2 cm³/mol. The molecule has 102 valence electrons.